The molecule has 2 aromatic carbocycles. The predicted octanol–water partition coefficient (Wildman–Crippen LogP) is 8.47. The lowest BCUT2D eigenvalue weighted by Crippen LogP contribution is -2.48. The van der Waals surface area contributed by atoms with Crippen LogP contribution in [0.5, 0.6) is 0 Å². The number of nitrogens with zero attached hydrogens (tertiary/aromatic N) is 1. The van der Waals surface area contributed by atoms with Gasteiger partial charge in [-0.3, -0.25) is 4.99 Å². The van der Waals surface area contributed by atoms with E-state index in [0.29, 0.717) is 27.0 Å². The molecule has 0 atom stereocenters. The topological polar surface area (TPSA) is 25.5 Å². The summed E-state index contributed by atoms with van der Waals surface area (Å²) in [5.41, 5.74) is 3.70. The molecule has 0 amide bonds. The fourth-order valence-corrected chi connectivity index (χ4v) is 7.16. The van der Waals surface area contributed by atoms with Crippen LogP contribution in [-0.4, -0.2) is 6.21 Å². The maximum atomic E-state index is 6.31. The van der Waals surface area contributed by atoms with Gasteiger partial charge >= 0.3 is 0 Å². The molecule has 0 radical (unpaired) electrons. The highest BCUT2D eigenvalue weighted by Gasteiger charge is 2.51. The number of aliphatic imine (C=N–C) groups is 1. The van der Waals surface area contributed by atoms with Gasteiger partial charge in [0.05, 0.1) is 21.9 Å². The standard InChI is InChI=1S/C27H25Cl2NO/c28-24-3-1-2-23(26(24)29)25-9-8-22(31-25)16-30-21-6-4-20(5-7-21)27-13-17-10-18(14-27)12-19(11-17)15-27/h1-9,16-19H,10-15H2. The van der Waals surface area contributed by atoms with Crippen molar-refractivity contribution in [1.29, 1.82) is 0 Å². The van der Waals surface area contributed by atoms with Crippen molar-refractivity contribution in [2.45, 2.75) is 43.9 Å². The lowest BCUT2D eigenvalue weighted by atomic mass is 9.48. The van der Waals surface area contributed by atoms with Crippen LogP contribution in [0.4, 0.5) is 5.69 Å². The van der Waals surface area contributed by atoms with E-state index < -0.39 is 0 Å². The molecule has 4 heteroatoms. The zero-order valence-corrected chi connectivity index (χ0v) is 18.9. The van der Waals surface area contributed by atoms with Crippen LogP contribution in [0, 0.1) is 17.8 Å². The van der Waals surface area contributed by atoms with Gasteiger partial charge in [-0.2, -0.15) is 0 Å². The fraction of sp³-hybridized carbons (Fsp3) is 0.370. The minimum Gasteiger partial charge on any atom is -0.455 e. The number of hydrogen-bond acceptors (Lipinski definition) is 2. The number of hydrogen-bond donors (Lipinski definition) is 0. The van der Waals surface area contributed by atoms with Gasteiger partial charge in [-0.15, -0.1) is 0 Å². The van der Waals surface area contributed by atoms with E-state index in [2.05, 4.69) is 29.3 Å². The minimum absolute atomic E-state index is 0.434. The summed E-state index contributed by atoms with van der Waals surface area (Å²) in [6.45, 7) is 0. The largest absolute Gasteiger partial charge is 0.455 e. The van der Waals surface area contributed by atoms with Crippen molar-refractivity contribution in [2.75, 3.05) is 0 Å². The Kier molecular flexibility index (Phi) is 4.77. The van der Waals surface area contributed by atoms with Crippen molar-refractivity contribution in [3.05, 3.63) is 76.0 Å². The molecule has 4 saturated carbocycles. The molecule has 7 rings (SSSR count). The summed E-state index contributed by atoms with van der Waals surface area (Å²) in [5, 5.41) is 1.02. The van der Waals surface area contributed by atoms with Gasteiger partial charge in [-0.1, -0.05) is 41.4 Å². The Balaban J connectivity index is 1.20. The second kappa shape index (κ2) is 7.53. The van der Waals surface area contributed by atoms with Crippen molar-refractivity contribution in [3.63, 3.8) is 0 Å². The summed E-state index contributed by atoms with van der Waals surface area (Å²) in [6.07, 6.45) is 10.4. The van der Waals surface area contributed by atoms with Gasteiger partial charge in [0.25, 0.3) is 0 Å². The molecular formula is C27H25Cl2NO. The van der Waals surface area contributed by atoms with Crippen molar-refractivity contribution < 1.29 is 4.42 Å². The first-order chi connectivity index (χ1) is 15.1. The normalized spacial score (nSPS) is 29.2. The molecule has 4 fully saturated rings. The molecule has 1 aromatic heterocycles. The molecule has 2 nitrogen and oxygen atoms in total. The van der Waals surface area contributed by atoms with Crippen molar-refractivity contribution in [2.24, 2.45) is 22.7 Å². The number of furan rings is 1. The summed E-state index contributed by atoms with van der Waals surface area (Å²) < 4.78 is 5.92. The van der Waals surface area contributed by atoms with Crippen molar-refractivity contribution >= 4 is 35.1 Å². The molecule has 0 unspecified atom stereocenters. The molecule has 4 bridgehead atoms. The third-order valence-corrected chi connectivity index (χ3v) is 8.52. The van der Waals surface area contributed by atoms with Crippen molar-refractivity contribution in [1.82, 2.24) is 0 Å². The molecule has 4 aliphatic carbocycles. The fourth-order valence-electron chi connectivity index (χ4n) is 6.76. The van der Waals surface area contributed by atoms with Crippen molar-refractivity contribution in [3.8, 4) is 11.3 Å². The SMILES string of the molecule is Clc1cccc(-c2ccc(C=Nc3ccc(C45CC6CC(CC(C6)C4)C5)cc3)o2)c1Cl. The Labute approximate surface area is 193 Å². The van der Waals surface area contributed by atoms with E-state index in [1.807, 2.05) is 24.3 Å². The van der Waals surface area contributed by atoms with Crippen LogP contribution in [0.3, 0.4) is 0 Å². The van der Waals surface area contributed by atoms with Gasteiger partial charge in [-0.25, -0.2) is 0 Å². The maximum Gasteiger partial charge on any atom is 0.145 e. The smallest absolute Gasteiger partial charge is 0.145 e. The molecule has 158 valence electrons. The number of rotatable bonds is 4. The van der Waals surface area contributed by atoms with E-state index in [1.165, 1.54) is 44.1 Å². The zero-order chi connectivity index (χ0) is 21.0. The third kappa shape index (κ3) is 3.54. The van der Waals surface area contributed by atoms with Crippen LogP contribution in [0.1, 0.15) is 49.8 Å². The Morgan fingerprint density at radius 2 is 1.52 bits per heavy atom. The van der Waals surface area contributed by atoms with Gasteiger partial charge in [0.2, 0.25) is 0 Å². The monoisotopic (exact) mass is 449 g/mol. The molecule has 3 aromatic rings. The first-order valence-electron chi connectivity index (χ1n) is 11.3. The first kappa shape index (κ1) is 19.6. The molecular weight excluding hydrogens is 425 g/mol. The molecule has 0 spiro atoms. The van der Waals surface area contributed by atoms with E-state index in [1.54, 1.807) is 12.3 Å². The summed E-state index contributed by atoms with van der Waals surface area (Å²) in [4.78, 5) is 4.63. The first-order valence-corrected chi connectivity index (χ1v) is 12.0. The summed E-state index contributed by atoms with van der Waals surface area (Å²) in [7, 11) is 0. The summed E-state index contributed by atoms with van der Waals surface area (Å²) in [6, 6.07) is 18.3. The molecule has 0 N–H and O–H groups in total. The maximum absolute atomic E-state index is 6.31. The van der Waals surface area contributed by atoms with E-state index in [4.69, 9.17) is 27.6 Å². The second-order valence-electron chi connectivity index (χ2n) is 9.81. The summed E-state index contributed by atoms with van der Waals surface area (Å²) in [5.74, 6) is 4.27. The molecule has 0 aliphatic heterocycles. The van der Waals surface area contributed by atoms with Gasteiger partial charge in [0.1, 0.15) is 11.5 Å². The molecule has 0 saturated heterocycles. The molecule has 1 heterocycles. The lowest BCUT2D eigenvalue weighted by Gasteiger charge is -2.57. The predicted molar refractivity (Wildman–Crippen MR) is 128 cm³/mol. The quantitative estimate of drug-likeness (QED) is 0.366. The van der Waals surface area contributed by atoms with Crippen LogP contribution < -0.4 is 0 Å². The number of halogens is 2. The highest BCUT2D eigenvalue weighted by Crippen LogP contribution is 2.60. The number of benzene rings is 2. The molecule has 31 heavy (non-hydrogen) atoms. The highest BCUT2D eigenvalue weighted by atomic mass is 35.5. The van der Waals surface area contributed by atoms with Crippen LogP contribution in [0.25, 0.3) is 11.3 Å². The second-order valence-corrected chi connectivity index (χ2v) is 10.6. The van der Waals surface area contributed by atoms with Crippen LogP contribution in [0.2, 0.25) is 10.0 Å². The highest BCUT2D eigenvalue weighted by molar-refractivity contribution is 6.43. The van der Waals surface area contributed by atoms with Gasteiger partial charge in [-0.05, 0) is 104 Å². The van der Waals surface area contributed by atoms with E-state index in [0.717, 1.165) is 29.0 Å². The Morgan fingerprint density at radius 3 is 2.19 bits per heavy atom. The van der Waals surface area contributed by atoms with Crippen LogP contribution in [-0.2, 0) is 5.41 Å². The molecule has 4 aliphatic rings. The van der Waals surface area contributed by atoms with Crippen LogP contribution >= 0.6 is 23.2 Å². The van der Waals surface area contributed by atoms with Gasteiger partial charge in [0.15, 0.2) is 0 Å². The van der Waals surface area contributed by atoms with E-state index in [9.17, 15) is 0 Å². The van der Waals surface area contributed by atoms with E-state index >= 15 is 0 Å². The minimum atomic E-state index is 0.434. The zero-order valence-electron chi connectivity index (χ0n) is 17.4. The van der Waals surface area contributed by atoms with Gasteiger partial charge < -0.3 is 4.42 Å². The average Bonchev–Trinajstić information content (AvgIpc) is 3.22. The Hall–Kier alpha value is -2.03. The summed E-state index contributed by atoms with van der Waals surface area (Å²) >= 11 is 12.4. The van der Waals surface area contributed by atoms with Crippen LogP contribution in [0.15, 0.2) is 64.0 Å². The average molecular weight is 450 g/mol. The van der Waals surface area contributed by atoms with Gasteiger partial charge in [0, 0.05) is 5.56 Å². The Bertz CT molecular complexity index is 1110. The third-order valence-electron chi connectivity index (χ3n) is 7.70. The lowest BCUT2D eigenvalue weighted by molar-refractivity contribution is -0.00518. The van der Waals surface area contributed by atoms with E-state index in [-0.39, 0.29) is 0 Å². The Morgan fingerprint density at radius 1 is 0.839 bits per heavy atom.